The first-order valence-corrected chi connectivity index (χ1v) is 16.3. The van der Waals surface area contributed by atoms with Gasteiger partial charge in [-0.15, -0.1) is 12.4 Å². The first-order valence-electron chi connectivity index (χ1n) is 14.5. The lowest BCUT2D eigenvalue weighted by molar-refractivity contribution is -0.137. The predicted octanol–water partition coefficient (Wildman–Crippen LogP) is 5.61. The van der Waals surface area contributed by atoms with Gasteiger partial charge >= 0.3 is 5.97 Å². The highest BCUT2D eigenvalue weighted by Gasteiger charge is 2.18. The number of aryl methyl sites for hydroxylation is 2. The maximum atomic E-state index is 13.3. The molecular formula is C32H37Cl2FN4O4S. The molecule has 0 bridgehead atoms. The fourth-order valence-electron chi connectivity index (χ4n) is 5.58. The largest absolute Gasteiger partial charge is 0.481 e. The Morgan fingerprint density at radius 3 is 2.32 bits per heavy atom. The molecule has 0 unspecified atom stereocenters. The van der Waals surface area contributed by atoms with E-state index in [1.807, 2.05) is 28.8 Å². The minimum Gasteiger partial charge on any atom is -0.481 e. The van der Waals surface area contributed by atoms with E-state index >= 15 is 0 Å². The molecule has 0 spiro atoms. The number of aromatic nitrogens is 1. The Hall–Kier alpha value is -3.15. The smallest absolute Gasteiger partial charge is 0.305 e. The summed E-state index contributed by atoms with van der Waals surface area (Å²) >= 11 is 5.89. The van der Waals surface area contributed by atoms with Gasteiger partial charge in [0, 0.05) is 67.1 Å². The van der Waals surface area contributed by atoms with Crippen LogP contribution >= 0.6 is 24.0 Å². The molecule has 1 fully saturated rings. The SMILES string of the molecule is Cl.O=C(O)CCn1cc(CCCN2CCN(c3ccc(F)cc3)CC2)c2cc(CCNS(=O)(=O)c3ccc(Cl)cc3)ccc21. The van der Waals surface area contributed by atoms with E-state index in [4.69, 9.17) is 11.6 Å². The van der Waals surface area contributed by atoms with Gasteiger partial charge in [0.25, 0.3) is 0 Å². The Morgan fingerprint density at radius 2 is 1.64 bits per heavy atom. The zero-order valence-electron chi connectivity index (χ0n) is 24.3. The Bertz CT molecular complexity index is 1660. The van der Waals surface area contributed by atoms with Crippen molar-refractivity contribution in [1.82, 2.24) is 14.2 Å². The molecule has 1 aliphatic heterocycles. The summed E-state index contributed by atoms with van der Waals surface area (Å²) in [6.07, 6.45) is 4.42. The van der Waals surface area contributed by atoms with E-state index in [0.717, 1.165) is 73.3 Å². The molecule has 0 radical (unpaired) electrons. The molecule has 1 aliphatic rings. The molecule has 0 atom stereocenters. The number of hydrogen-bond acceptors (Lipinski definition) is 5. The number of anilines is 1. The van der Waals surface area contributed by atoms with Crippen LogP contribution in [-0.2, 0) is 34.2 Å². The Kier molecular flexibility index (Phi) is 11.7. The van der Waals surface area contributed by atoms with Crippen LogP contribution < -0.4 is 9.62 Å². The molecule has 0 saturated carbocycles. The molecule has 2 heterocycles. The summed E-state index contributed by atoms with van der Waals surface area (Å²) in [4.78, 5) is 16.2. The number of piperazine rings is 1. The Labute approximate surface area is 268 Å². The molecule has 1 aromatic heterocycles. The molecule has 0 amide bonds. The van der Waals surface area contributed by atoms with Crippen LogP contribution in [0.2, 0.25) is 5.02 Å². The van der Waals surface area contributed by atoms with Crippen LogP contribution in [0.4, 0.5) is 10.1 Å². The Balaban J connectivity index is 0.00000442. The van der Waals surface area contributed by atoms with Crippen molar-refractivity contribution < 1.29 is 22.7 Å². The number of nitrogens with zero attached hydrogens (tertiary/aromatic N) is 3. The van der Waals surface area contributed by atoms with Crippen molar-refractivity contribution in [3.05, 3.63) is 94.9 Å². The third kappa shape index (κ3) is 8.73. The molecule has 1 saturated heterocycles. The van der Waals surface area contributed by atoms with Gasteiger partial charge in [-0.2, -0.15) is 0 Å². The van der Waals surface area contributed by atoms with Crippen LogP contribution in [0.3, 0.4) is 0 Å². The van der Waals surface area contributed by atoms with Gasteiger partial charge in [-0.3, -0.25) is 9.69 Å². The number of fused-ring (bicyclic) bond motifs is 1. The van der Waals surface area contributed by atoms with Gasteiger partial charge in [0.15, 0.2) is 0 Å². The lowest BCUT2D eigenvalue weighted by atomic mass is 10.0. The van der Waals surface area contributed by atoms with E-state index in [9.17, 15) is 22.7 Å². The Morgan fingerprint density at radius 1 is 0.932 bits per heavy atom. The van der Waals surface area contributed by atoms with Gasteiger partial charge in [-0.25, -0.2) is 17.5 Å². The summed E-state index contributed by atoms with van der Waals surface area (Å²) in [5.41, 5.74) is 4.19. The molecule has 5 rings (SSSR count). The molecular weight excluding hydrogens is 626 g/mol. The monoisotopic (exact) mass is 662 g/mol. The summed E-state index contributed by atoms with van der Waals surface area (Å²) in [5, 5.41) is 10.8. The van der Waals surface area contributed by atoms with E-state index < -0.39 is 16.0 Å². The number of halogens is 3. The molecule has 0 aliphatic carbocycles. The average molecular weight is 664 g/mol. The summed E-state index contributed by atoms with van der Waals surface area (Å²) in [6, 6.07) is 18.8. The molecule has 12 heteroatoms. The van der Waals surface area contributed by atoms with Gasteiger partial charge in [-0.05, 0) is 97.6 Å². The number of carboxylic acid groups (broad SMARTS) is 1. The zero-order chi connectivity index (χ0) is 30.4. The van der Waals surface area contributed by atoms with Crippen LogP contribution in [0.15, 0.2) is 77.8 Å². The van der Waals surface area contributed by atoms with Gasteiger partial charge in [0.1, 0.15) is 5.82 Å². The summed E-state index contributed by atoms with van der Waals surface area (Å²) in [5.74, 6) is -1.06. The van der Waals surface area contributed by atoms with Gasteiger partial charge in [0.05, 0.1) is 11.3 Å². The number of carboxylic acids is 1. The summed E-state index contributed by atoms with van der Waals surface area (Å²) in [7, 11) is -3.64. The van der Waals surface area contributed by atoms with E-state index in [0.29, 0.717) is 18.0 Å². The quantitative estimate of drug-likeness (QED) is 0.193. The number of sulfonamides is 1. The fraction of sp³-hybridized carbons (Fsp3) is 0.344. The first-order chi connectivity index (χ1) is 20.7. The molecule has 3 aromatic carbocycles. The number of nitrogens with one attached hydrogen (secondary N) is 1. The van der Waals surface area contributed by atoms with Gasteiger partial charge in [0.2, 0.25) is 10.0 Å². The van der Waals surface area contributed by atoms with Gasteiger partial charge < -0.3 is 14.6 Å². The molecule has 2 N–H and O–H groups in total. The standard InChI is InChI=1S/C32H36ClFN4O4S.ClH/c33-26-4-10-29(11-5-26)43(41,42)35-15-13-24-3-12-31-30(22-24)25(23-38(31)17-14-32(39)40)2-1-16-36-18-20-37(21-19-36)28-8-6-27(34)7-9-28;/h3-12,22-23,35H,1-2,13-21H2,(H,39,40);1H. The lowest BCUT2D eigenvalue weighted by Crippen LogP contribution is -2.46. The highest BCUT2D eigenvalue weighted by molar-refractivity contribution is 7.89. The van der Waals surface area contributed by atoms with Crippen LogP contribution in [-0.4, -0.2) is 68.2 Å². The maximum absolute atomic E-state index is 13.3. The number of hydrogen-bond donors (Lipinski definition) is 2. The van der Waals surface area contributed by atoms with Crippen molar-refractivity contribution in [2.75, 3.05) is 44.2 Å². The fourth-order valence-corrected chi connectivity index (χ4v) is 6.73. The third-order valence-corrected chi connectivity index (χ3v) is 9.64. The lowest BCUT2D eigenvalue weighted by Gasteiger charge is -2.36. The summed E-state index contributed by atoms with van der Waals surface area (Å²) in [6.45, 7) is 5.25. The molecule has 44 heavy (non-hydrogen) atoms. The number of carbonyl (C=O) groups is 1. The second-order valence-corrected chi connectivity index (χ2v) is 13.1. The highest BCUT2D eigenvalue weighted by Crippen LogP contribution is 2.26. The topological polar surface area (TPSA) is 94.9 Å². The van der Waals surface area contributed by atoms with Crippen molar-refractivity contribution in [2.45, 2.75) is 37.1 Å². The van der Waals surface area contributed by atoms with E-state index in [1.54, 1.807) is 12.1 Å². The summed E-state index contributed by atoms with van der Waals surface area (Å²) < 4.78 is 43.3. The van der Waals surface area contributed by atoms with Crippen LogP contribution in [0.25, 0.3) is 10.9 Å². The molecule has 8 nitrogen and oxygen atoms in total. The van der Waals surface area contributed by atoms with E-state index in [1.165, 1.54) is 24.3 Å². The van der Waals surface area contributed by atoms with Crippen molar-refractivity contribution >= 4 is 56.6 Å². The first kappa shape index (κ1) is 33.7. The van der Waals surface area contributed by atoms with Crippen LogP contribution in [0.5, 0.6) is 0 Å². The minimum absolute atomic E-state index is 0. The normalized spacial score (nSPS) is 14.1. The minimum atomic E-state index is -3.64. The van der Waals surface area contributed by atoms with Gasteiger partial charge in [-0.1, -0.05) is 17.7 Å². The molecule has 4 aromatic rings. The second kappa shape index (κ2) is 15.2. The maximum Gasteiger partial charge on any atom is 0.305 e. The second-order valence-electron chi connectivity index (χ2n) is 10.9. The van der Waals surface area contributed by atoms with Crippen molar-refractivity contribution in [3.8, 4) is 0 Å². The third-order valence-electron chi connectivity index (χ3n) is 7.91. The number of rotatable bonds is 13. The zero-order valence-corrected chi connectivity index (χ0v) is 26.7. The number of aliphatic carboxylic acids is 1. The van der Waals surface area contributed by atoms with Crippen molar-refractivity contribution in [3.63, 3.8) is 0 Å². The predicted molar refractivity (Wildman–Crippen MR) is 175 cm³/mol. The number of benzene rings is 3. The van der Waals surface area contributed by atoms with Crippen LogP contribution in [0, 0.1) is 5.82 Å². The van der Waals surface area contributed by atoms with E-state index in [-0.39, 0.29) is 36.1 Å². The average Bonchev–Trinajstić information content (AvgIpc) is 3.34. The molecule has 236 valence electrons. The van der Waals surface area contributed by atoms with Crippen molar-refractivity contribution in [1.29, 1.82) is 0 Å². The van der Waals surface area contributed by atoms with E-state index in [2.05, 4.69) is 26.8 Å². The van der Waals surface area contributed by atoms with Crippen molar-refractivity contribution in [2.24, 2.45) is 0 Å². The van der Waals surface area contributed by atoms with Crippen LogP contribution in [0.1, 0.15) is 24.0 Å². The highest BCUT2D eigenvalue weighted by atomic mass is 35.5.